The Bertz CT molecular complexity index is 92.2. The third kappa shape index (κ3) is 1.46. The Labute approximate surface area is 70.5 Å². The minimum absolute atomic E-state index is 0.812. The lowest BCUT2D eigenvalue weighted by atomic mass is 10.1. The lowest BCUT2D eigenvalue weighted by Gasteiger charge is -2.12. The van der Waals surface area contributed by atoms with Crippen LogP contribution >= 0.6 is 23.8 Å². The second kappa shape index (κ2) is 3.37. The first kappa shape index (κ1) is 7.32. The highest BCUT2D eigenvalue weighted by atomic mass is 32.2. The van der Waals surface area contributed by atoms with Gasteiger partial charge in [-0.2, -0.15) is 11.8 Å². The van der Waals surface area contributed by atoms with E-state index in [2.05, 4.69) is 11.8 Å². The standard InChI is InChI=1S/C7H12OS2/c1-2-6(9-5-1)7-3-4-8-10-7/h6-7H,1-5H2. The van der Waals surface area contributed by atoms with Gasteiger partial charge in [0.2, 0.25) is 0 Å². The predicted octanol–water partition coefficient (Wildman–Crippen LogP) is 2.32. The van der Waals surface area contributed by atoms with Crippen LogP contribution in [-0.4, -0.2) is 22.9 Å². The molecular formula is C7H12OS2. The largest absolute Gasteiger partial charge is 0.315 e. The van der Waals surface area contributed by atoms with Crippen molar-refractivity contribution in [3.63, 3.8) is 0 Å². The van der Waals surface area contributed by atoms with Crippen LogP contribution in [0.4, 0.5) is 0 Å². The van der Waals surface area contributed by atoms with Crippen molar-refractivity contribution in [3.05, 3.63) is 0 Å². The van der Waals surface area contributed by atoms with Crippen LogP contribution in [0.5, 0.6) is 0 Å². The molecule has 2 fully saturated rings. The molecule has 3 heteroatoms. The third-order valence-electron chi connectivity index (χ3n) is 2.06. The van der Waals surface area contributed by atoms with Crippen LogP contribution in [-0.2, 0) is 4.18 Å². The van der Waals surface area contributed by atoms with E-state index >= 15 is 0 Å². The van der Waals surface area contributed by atoms with Crippen molar-refractivity contribution in [2.45, 2.75) is 29.8 Å². The van der Waals surface area contributed by atoms with Gasteiger partial charge in [0.05, 0.1) is 6.61 Å². The van der Waals surface area contributed by atoms with Crippen LogP contribution in [0.1, 0.15) is 19.3 Å². The van der Waals surface area contributed by atoms with Gasteiger partial charge < -0.3 is 4.18 Å². The molecule has 0 aliphatic carbocycles. The van der Waals surface area contributed by atoms with E-state index in [0.717, 1.165) is 17.1 Å². The SMILES string of the molecule is C1CSC(C2CCOS2)C1. The van der Waals surface area contributed by atoms with Gasteiger partial charge in [-0.3, -0.25) is 0 Å². The van der Waals surface area contributed by atoms with Gasteiger partial charge in [0.1, 0.15) is 0 Å². The average Bonchev–Trinajstić information content (AvgIpc) is 2.59. The maximum Gasteiger partial charge on any atom is 0.0625 e. The Hall–Kier alpha value is 0.660. The first-order valence-electron chi connectivity index (χ1n) is 3.87. The Kier molecular flexibility index (Phi) is 2.47. The molecule has 0 bridgehead atoms. The fraction of sp³-hybridized carbons (Fsp3) is 1.00. The molecule has 2 unspecified atom stereocenters. The van der Waals surface area contributed by atoms with Crippen molar-refractivity contribution >= 4 is 23.8 Å². The summed E-state index contributed by atoms with van der Waals surface area (Å²) in [6.07, 6.45) is 4.13. The molecule has 0 N–H and O–H groups in total. The highest BCUT2D eigenvalue weighted by Crippen LogP contribution is 2.39. The van der Waals surface area contributed by atoms with Gasteiger partial charge in [0.25, 0.3) is 0 Å². The van der Waals surface area contributed by atoms with Crippen LogP contribution in [0.25, 0.3) is 0 Å². The second-order valence-electron chi connectivity index (χ2n) is 2.80. The summed E-state index contributed by atoms with van der Waals surface area (Å²) in [6, 6.07) is 0. The highest BCUT2D eigenvalue weighted by Gasteiger charge is 2.29. The topological polar surface area (TPSA) is 9.23 Å². The Morgan fingerprint density at radius 2 is 2.20 bits per heavy atom. The number of hydrogen-bond acceptors (Lipinski definition) is 3. The van der Waals surface area contributed by atoms with Crippen molar-refractivity contribution in [2.24, 2.45) is 0 Å². The summed E-state index contributed by atoms with van der Waals surface area (Å²) in [5.41, 5.74) is 0. The van der Waals surface area contributed by atoms with Gasteiger partial charge in [-0.25, -0.2) is 0 Å². The van der Waals surface area contributed by atoms with E-state index in [9.17, 15) is 0 Å². The summed E-state index contributed by atoms with van der Waals surface area (Å²) < 4.78 is 5.27. The van der Waals surface area contributed by atoms with E-state index < -0.39 is 0 Å². The molecule has 2 aliphatic heterocycles. The van der Waals surface area contributed by atoms with Gasteiger partial charge >= 0.3 is 0 Å². The third-order valence-corrected chi connectivity index (χ3v) is 4.86. The number of rotatable bonds is 1. The van der Waals surface area contributed by atoms with Gasteiger partial charge in [-0.1, -0.05) is 0 Å². The minimum Gasteiger partial charge on any atom is -0.315 e. The quantitative estimate of drug-likeness (QED) is 0.567. The van der Waals surface area contributed by atoms with E-state index in [1.54, 1.807) is 12.0 Å². The Morgan fingerprint density at radius 3 is 2.80 bits per heavy atom. The summed E-state index contributed by atoms with van der Waals surface area (Å²) in [4.78, 5) is 0. The van der Waals surface area contributed by atoms with Crippen LogP contribution in [0.3, 0.4) is 0 Å². The molecule has 0 aromatic rings. The van der Waals surface area contributed by atoms with Gasteiger partial charge in [0.15, 0.2) is 0 Å². The second-order valence-corrected chi connectivity index (χ2v) is 5.18. The number of hydrogen-bond donors (Lipinski definition) is 0. The van der Waals surface area contributed by atoms with E-state index in [-0.39, 0.29) is 0 Å². The van der Waals surface area contributed by atoms with Crippen LogP contribution in [0.2, 0.25) is 0 Å². The molecule has 0 aromatic carbocycles. The molecule has 58 valence electrons. The van der Waals surface area contributed by atoms with E-state index in [1.807, 2.05) is 0 Å². The van der Waals surface area contributed by atoms with E-state index in [0.29, 0.717) is 0 Å². The van der Waals surface area contributed by atoms with Crippen molar-refractivity contribution in [3.8, 4) is 0 Å². The molecular weight excluding hydrogens is 164 g/mol. The maximum atomic E-state index is 5.27. The first-order valence-corrected chi connectivity index (χ1v) is 5.72. The van der Waals surface area contributed by atoms with Crippen molar-refractivity contribution < 1.29 is 4.18 Å². The van der Waals surface area contributed by atoms with Gasteiger partial charge in [-0.15, -0.1) is 0 Å². The molecule has 2 aliphatic rings. The predicted molar refractivity (Wildman–Crippen MR) is 47.4 cm³/mol. The highest BCUT2D eigenvalue weighted by molar-refractivity contribution is 8.02. The summed E-state index contributed by atoms with van der Waals surface area (Å²) in [6.45, 7) is 0.979. The molecule has 0 radical (unpaired) electrons. The summed E-state index contributed by atoms with van der Waals surface area (Å²) >= 11 is 3.86. The first-order chi connectivity index (χ1) is 4.97. The molecule has 2 heterocycles. The van der Waals surface area contributed by atoms with Crippen LogP contribution in [0.15, 0.2) is 0 Å². The minimum atomic E-state index is 0.812. The van der Waals surface area contributed by atoms with E-state index in [1.165, 1.54) is 25.0 Å². The molecule has 0 amide bonds. The van der Waals surface area contributed by atoms with E-state index in [4.69, 9.17) is 4.18 Å². The van der Waals surface area contributed by atoms with Crippen molar-refractivity contribution in [1.29, 1.82) is 0 Å². The summed E-state index contributed by atoms with van der Waals surface area (Å²) in [5.74, 6) is 1.38. The molecule has 2 rings (SSSR count). The smallest absolute Gasteiger partial charge is 0.0625 e. The summed E-state index contributed by atoms with van der Waals surface area (Å²) in [5, 5.41) is 1.72. The van der Waals surface area contributed by atoms with Gasteiger partial charge in [-0.05, 0) is 37.1 Å². The molecule has 0 spiro atoms. The fourth-order valence-electron chi connectivity index (χ4n) is 1.49. The Balaban J connectivity index is 1.85. The lowest BCUT2D eigenvalue weighted by Crippen LogP contribution is -2.13. The zero-order valence-electron chi connectivity index (χ0n) is 5.91. The molecule has 10 heavy (non-hydrogen) atoms. The lowest BCUT2D eigenvalue weighted by molar-refractivity contribution is 0.400. The van der Waals surface area contributed by atoms with Gasteiger partial charge in [0, 0.05) is 10.5 Å². The molecule has 0 aromatic heterocycles. The maximum absolute atomic E-state index is 5.27. The average molecular weight is 176 g/mol. The monoisotopic (exact) mass is 176 g/mol. The molecule has 0 saturated carbocycles. The zero-order chi connectivity index (χ0) is 6.81. The normalized spacial score (nSPS) is 40.8. The number of thioether (sulfide) groups is 1. The molecule has 2 saturated heterocycles. The zero-order valence-corrected chi connectivity index (χ0v) is 7.55. The fourth-order valence-corrected chi connectivity index (χ4v) is 4.00. The summed E-state index contributed by atoms with van der Waals surface area (Å²) in [7, 11) is 0. The Morgan fingerprint density at radius 1 is 1.20 bits per heavy atom. The van der Waals surface area contributed by atoms with Crippen LogP contribution < -0.4 is 0 Å². The molecule has 1 nitrogen and oxygen atoms in total. The van der Waals surface area contributed by atoms with Crippen molar-refractivity contribution in [2.75, 3.05) is 12.4 Å². The van der Waals surface area contributed by atoms with Crippen LogP contribution in [0, 0.1) is 0 Å². The molecule has 2 atom stereocenters. The van der Waals surface area contributed by atoms with Crippen molar-refractivity contribution in [1.82, 2.24) is 0 Å².